The number of H-pyrrole nitrogens is 1. The number of benzene rings is 1. The van der Waals surface area contributed by atoms with Gasteiger partial charge in [0.1, 0.15) is 23.9 Å². The normalized spacial score (nSPS) is 14.9. The Hall–Kier alpha value is -4.01. The van der Waals surface area contributed by atoms with Gasteiger partial charge in [0.25, 0.3) is 0 Å². The van der Waals surface area contributed by atoms with Crippen molar-refractivity contribution in [2.24, 2.45) is 11.5 Å². The Morgan fingerprint density at radius 2 is 1.64 bits per heavy atom. The maximum atomic E-state index is 13.2. The Kier molecular flexibility index (Phi) is 12.3. The largest absolute Gasteiger partial charge is 0.508 e. The monoisotopic (exact) mass is 547 g/mol. The average molecular weight is 548 g/mol. The number of unbranched alkanes of at least 4 members (excludes halogenated alkanes) is 1. The number of phenolic OH excluding ortho intramolecular Hbond substituents is 1. The number of aromatic amines is 1. The first-order valence-electron chi connectivity index (χ1n) is 12.5. The fourth-order valence-electron chi connectivity index (χ4n) is 3.73. The summed E-state index contributed by atoms with van der Waals surface area (Å²) in [6, 6.07) is 0.801. The lowest BCUT2D eigenvalue weighted by Gasteiger charge is -2.26. The Morgan fingerprint density at radius 1 is 0.974 bits per heavy atom. The van der Waals surface area contributed by atoms with E-state index >= 15 is 0 Å². The number of carboxylic acid groups (broad SMARTS) is 1. The Bertz CT molecular complexity index is 1080. The van der Waals surface area contributed by atoms with Crippen LogP contribution in [0.2, 0.25) is 0 Å². The molecule has 0 spiro atoms. The third-order valence-corrected chi connectivity index (χ3v) is 5.97. The molecular weight excluding hydrogens is 510 g/mol. The predicted octanol–water partition coefficient (Wildman–Crippen LogP) is -1.72. The van der Waals surface area contributed by atoms with E-state index in [0.29, 0.717) is 37.1 Å². The van der Waals surface area contributed by atoms with Gasteiger partial charge in [-0.2, -0.15) is 0 Å². The Morgan fingerprint density at radius 3 is 2.21 bits per heavy atom. The number of aromatic nitrogens is 2. The molecule has 2 aromatic rings. The van der Waals surface area contributed by atoms with Gasteiger partial charge in [-0.1, -0.05) is 18.6 Å². The number of rotatable bonds is 16. The number of nitrogens with two attached hydrogens (primary N) is 2. The van der Waals surface area contributed by atoms with Gasteiger partial charge in [-0.05, 0) is 44.0 Å². The quantitative estimate of drug-likeness (QED) is 0.108. The maximum absolute atomic E-state index is 13.2. The fourth-order valence-corrected chi connectivity index (χ4v) is 3.73. The molecule has 0 radical (unpaired) electrons. The minimum atomic E-state index is -1.53. The van der Waals surface area contributed by atoms with Crippen molar-refractivity contribution >= 4 is 23.7 Å². The van der Waals surface area contributed by atoms with Crippen molar-refractivity contribution in [2.45, 2.75) is 69.3 Å². The van der Waals surface area contributed by atoms with Crippen molar-refractivity contribution in [1.29, 1.82) is 0 Å². The third kappa shape index (κ3) is 10.3. The highest BCUT2D eigenvalue weighted by Crippen LogP contribution is 2.12. The topological polar surface area (TPSA) is 246 Å². The molecule has 0 saturated heterocycles. The summed E-state index contributed by atoms with van der Waals surface area (Å²) in [5.74, 6) is -3.64. The van der Waals surface area contributed by atoms with Crippen LogP contribution in [0.4, 0.5) is 0 Å². The summed E-state index contributed by atoms with van der Waals surface area (Å²) in [6.45, 7) is 1.72. The lowest BCUT2D eigenvalue weighted by molar-refractivity contribution is -0.143. The summed E-state index contributed by atoms with van der Waals surface area (Å²) in [5.41, 5.74) is 12.5. The molecule has 5 unspecified atom stereocenters. The van der Waals surface area contributed by atoms with Crippen LogP contribution >= 0.6 is 0 Å². The summed E-state index contributed by atoms with van der Waals surface area (Å²) in [6.07, 6.45) is 3.01. The van der Waals surface area contributed by atoms with Crippen molar-refractivity contribution < 1.29 is 34.5 Å². The molecule has 1 aromatic heterocycles. The molecule has 0 saturated carbocycles. The second kappa shape index (κ2) is 15.4. The van der Waals surface area contributed by atoms with Crippen LogP contribution in [0.5, 0.6) is 5.75 Å². The maximum Gasteiger partial charge on any atom is 0.326 e. The van der Waals surface area contributed by atoms with Crippen molar-refractivity contribution in [3.8, 4) is 5.75 Å². The van der Waals surface area contributed by atoms with E-state index in [1.807, 2.05) is 0 Å². The number of carbonyl (C=O) groups excluding carboxylic acids is 3. The SMILES string of the molecule is CC(O)C(NC(=O)C(Cc1cnc[nH]1)NC(=O)C(N)CCCCN)C(=O)NC(Cc1ccc(O)cc1)C(=O)O. The van der Waals surface area contributed by atoms with Crippen LogP contribution in [0.15, 0.2) is 36.8 Å². The minimum Gasteiger partial charge on any atom is -0.508 e. The van der Waals surface area contributed by atoms with Gasteiger partial charge < -0.3 is 47.7 Å². The van der Waals surface area contributed by atoms with Crippen LogP contribution < -0.4 is 27.4 Å². The molecule has 1 heterocycles. The lowest BCUT2D eigenvalue weighted by Crippen LogP contribution is -2.60. The van der Waals surface area contributed by atoms with E-state index in [9.17, 15) is 34.5 Å². The molecule has 214 valence electrons. The molecule has 14 heteroatoms. The van der Waals surface area contributed by atoms with Gasteiger partial charge >= 0.3 is 5.97 Å². The highest BCUT2D eigenvalue weighted by molar-refractivity contribution is 5.94. The minimum absolute atomic E-state index is 0.000155. The molecule has 14 nitrogen and oxygen atoms in total. The van der Waals surface area contributed by atoms with Gasteiger partial charge in [-0.15, -0.1) is 0 Å². The number of amides is 3. The molecular formula is C25H37N7O7. The molecule has 0 bridgehead atoms. The number of hydrogen-bond acceptors (Lipinski definition) is 9. The molecule has 39 heavy (non-hydrogen) atoms. The molecule has 0 aliphatic rings. The summed E-state index contributed by atoms with van der Waals surface area (Å²) < 4.78 is 0. The van der Waals surface area contributed by atoms with Gasteiger partial charge in [-0.3, -0.25) is 14.4 Å². The zero-order chi connectivity index (χ0) is 28.9. The van der Waals surface area contributed by atoms with E-state index in [1.54, 1.807) is 0 Å². The number of nitrogens with zero attached hydrogens (tertiary/aromatic N) is 1. The first-order chi connectivity index (χ1) is 18.5. The van der Waals surface area contributed by atoms with Gasteiger partial charge in [-0.25, -0.2) is 9.78 Å². The van der Waals surface area contributed by atoms with E-state index in [4.69, 9.17) is 11.5 Å². The zero-order valence-electron chi connectivity index (χ0n) is 21.7. The molecule has 5 atom stereocenters. The van der Waals surface area contributed by atoms with Crippen molar-refractivity contribution in [2.75, 3.05) is 6.54 Å². The van der Waals surface area contributed by atoms with Crippen LogP contribution in [0, 0.1) is 0 Å². The van der Waals surface area contributed by atoms with E-state index < -0.39 is 54.0 Å². The summed E-state index contributed by atoms with van der Waals surface area (Å²) in [4.78, 5) is 57.4. The summed E-state index contributed by atoms with van der Waals surface area (Å²) >= 11 is 0. The number of phenols is 1. The number of nitrogens with one attached hydrogen (secondary N) is 4. The number of aliphatic carboxylic acids is 1. The second-order valence-electron chi connectivity index (χ2n) is 9.23. The lowest BCUT2D eigenvalue weighted by atomic mass is 10.0. The molecule has 0 aliphatic heterocycles. The molecule has 0 fully saturated rings. The summed E-state index contributed by atoms with van der Waals surface area (Å²) in [7, 11) is 0. The standard InChI is InChI=1S/C25H37N7O7/c1-14(33)21(24(37)31-20(25(38)39)10-15-5-7-17(34)8-6-15)32-23(36)19(11-16-12-28-13-29-16)30-22(35)18(27)4-2-3-9-26/h5-8,12-14,18-21,33-34H,2-4,9-11,26-27H2,1H3,(H,28,29)(H,30,35)(H,31,37)(H,32,36)(H,38,39). The smallest absolute Gasteiger partial charge is 0.326 e. The molecule has 1 aromatic carbocycles. The summed E-state index contributed by atoms with van der Waals surface area (Å²) in [5, 5.41) is 36.6. The first kappa shape index (κ1) is 31.2. The van der Waals surface area contributed by atoms with Crippen LogP contribution in [0.3, 0.4) is 0 Å². The number of hydrogen-bond donors (Lipinski definition) is 9. The van der Waals surface area contributed by atoms with Crippen LogP contribution in [0.25, 0.3) is 0 Å². The average Bonchev–Trinajstić information content (AvgIpc) is 3.40. The van der Waals surface area contributed by atoms with Gasteiger partial charge in [0.05, 0.1) is 18.5 Å². The first-order valence-corrected chi connectivity index (χ1v) is 12.5. The number of imidazole rings is 1. The van der Waals surface area contributed by atoms with E-state index in [1.165, 1.54) is 43.7 Å². The highest BCUT2D eigenvalue weighted by Gasteiger charge is 2.33. The Balaban J connectivity index is 2.13. The molecule has 3 amide bonds. The number of aliphatic hydroxyl groups excluding tert-OH is 1. The highest BCUT2D eigenvalue weighted by atomic mass is 16.4. The number of carboxylic acids is 1. The molecule has 0 aliphatic carbocycles. The predicted molar refractivity (Wildman–Crippen MR) is 140 cm³/mol. The van der Waals surface area contributed by atoms with Gasteiger partial charge in [0.15, 0.2) is 0 Å². The number of aromatic hydroxyl groups is 1. The third-order valence-electron chi connectivity index (χ3n) is 5.97. The van der Waals surface area contributed by atoms with Crippen molar-refractivity contribution in [1.82, 2.24) is 25.9 Å². The van der Waals surface area contributed by atoms with Crippen LogP contribution in [-0.4, -0.2) is 85.8 Å². The van der Waals surface area contributed by atoms with E-state index in [0.717, 1.165) is 0 Å². The van der Waals surface area contributed by atoms with Crippen LogP contribution in [-0.2, 0) is 32.0 Å². The van der Waals surface area contributed by atoms with E-state index in [-0.39, 0.29) is 18.6 Å². The van der Waals surface area contributed by atoms with Crippen molar-refractivity contribution in [3.63, 3.8) is 0 Å². The van der Waals surface area contributed by atoms with Gasteiger partial charge in [0, 0.05) is 24.7 Å². The number of carbonyl (C=O) groups is 4. The number of aliphatic hydroxyl groups is 1. The van der Waals surface area contributed by atoms with Crippen LogP contribution in [0.1, 0.15) is 37.4 Å². The molecule has 2 rings (SSSR count). The Labute approximate surface area is 225 Å². The zero-order valence-corrected chi connectivity index (χ0v) is 21.7. The fraction of sp³-hybridized carbons (Fsp3) is 0.480. The van der Waals surface area contributed by atoms with Crippen molar-refractivity contribution in [3.05, 3.63) is 48.0 Å². The van der Waals surface area contributed by atoms with Gasteiger partial charge in [0.2, 0.25) is 17.7 Å². The van der Waals surface area contributed by atoms with E-state index in [2.05, 4.69) is 25.9 Å². The second-order valence-corrected chi connectivity index (χ2v) is 9.23. The molecule has 11 N–H and O–H groups in total.